The average Bonchev–Trinajstić information content (AvgIpc) is 2.37. The van der Waals surface area contributed by atoms with Crippen molar-refractivity contribution in [3.63, 3.8) is 0 Å². The fraction of sp³-hybridized carbons (Fsp3) is 0.462. The quantitative estimate of drug-likeness (QED) is 0.833. The number of rotatable bonds is 6. The van der Waals surface area contributed by atoms with Gasteiger partial charge >= 0.3 is 6.36 Å². The van der Waals surface area contributed by atoms with Crippen LogP contribution in [-0.2, 0) is 4.79 Å². The standard InChI is InChI=1S/C13H16BrF3N2O2/c1-3-19(4-2)12(20)8-18-10-6-5-9(14)7-11(10)21-13(15,16)17/h5-7,18H,3-4,8H2,1-2H3. The summed E-state index contributed by atoms with van der Waals surface area (Å²) in [6.07, 6.45) is -4.79. The number of hydrogen-bond acceptors (Lipinski definition) is 3. The molecule has 0 aliphatic rings. The van der Waals surface area contributed by atoms with Gasteiger partial charge in [0.2, 0.25) is 5.91 Å². The lowest BCUT2D eigenvalue weighted by Crippen LogP contribution is -2.35. The third kappa shape index (κ3) is 5.82. The van der Waals surface area contributed by atoms with Crippen LogP contribution in [0.5, 0.6) is 5.75 Å². The molecule has 4 nitrogen and oxygen atoms in total. The molecular weight excluding hydrogens is 353 g/mol. The SMILES string of the molecule is CCN(CC)C(=O)CNc1ccc(Br)cc1OC(F)(F)F. The third-order valence-electron chi connectivity index (χ3n) is 2.72. The average molecular weight is 369 g/mol. The number of likely N-dealkylation sites (N-methyl/N-ethyl adjacent to an activating group) is 1. The summed E-state index contributed by atoms with van der Waals surface area (Å²) in [7, 11) is 0. The largest absolute Gasteiger partial charge is 0.573 e. The smallest absolute Gasteiger partial charge is 0.404 e. The fourth-order valence-electron chi connectivity index (χ4n) is 1.71. The van der Waals surface area contributed by atoms with Crippen LogP contribution in [0.15, 0.2) is 22.7 Å². The summed E-state index contributed by atoms with van der Waals surface area (Å²) in [6, 6.07) is 4.17. The Morgan fingerprint density at radius 2 is 1.95 bits per heavy atom. The number of nitrogens with zero attached hydrogens (tertiary/aromatic N) is 1. The minimum atomic E-state index is -4.79. The Labute approximate surface area is 129 Å². The molecule has 0 atom stereocenters. The summed E-state index contributed by atoms with van der Waals surface area (Å²) in [6.45, 7) is 4.66. The molecule has 1 aromatic carbocycles. The minimum absolute atomic E-state index is 0.0997. The van der Waals surface area contributed by atoms with Crippen molar-refractivity contribution in [3.8, 4) is 5.75 Å². The van der Waals surface area contributed by atoms with E-state index in [2.05, 4.69) is 26.0 Å². The zero-order chi connectivity index (χ0) is 16.0. The lowest BCUT2D eigenvalue weighted by atomic mass is 10.3. The monoisotopic (exact) mass is 368 g/mol. The highest BCUT2D eigenvalue weighted by Crippen LogP contribution is 2.32. The number of benzene rings is 1. The van der Waals surface area contributed by atoms with E-state index in [9.17, 15) is 18.0 Å². The van der Waals surface area contributed by atoms with E-state index in [1.807, 2.05) is 13.8 Å². The Hall–Kier alpha value is -1.44. The fourth-order valence-corrected chi connectivity index (χ4v) is 2.05. The Morgan fingerprint density at radius 3 is 2.48 bits per heavy atom. The topological polar surface area (TPSA) is 41.6 Å². The predicted octanol–water partition coefficient (Wildman–Crippen LogP) is 3.63. The molecule has 21 heavy (non-hydrogen) atoms. The molecule has 0 aliphatic heterocycles. The number of alkyl halides is 3. The molecule has 0 spiro atoms. The molecule has 0 saturated heterocycles. The maximum atomic E-state index is 12.3. The van der Waals surface area contributed by atoms with Crippen LogP contribution in [0.3, 0.4) is 0 Å². The third-order valence-corrected chi connectivity index (χ3v) is 3.21. The zero-order valence-electron chi connectivity index (χ0n) is 11.6. The van der Waals surface area contributed by atoms with Crippen molar-refractivity contribution in [1.82, 2.24) is 4.90 Å². The maximum absolute atomic E-state index is 12.3. The first-order chi connectivity index (χ1) is 9.76. The summed E-state index contributed by atoms with van der Waals surface area (Å²) in [5.41, 5.74) is 0.107. The summed E-state index contributed by atoms with van der Waals surface area (Å²) >= 11 is 3.08. The van der Waals surface area contributed by atoms with E-state index < -0.39 is 6.36 Å². The molecule has 0 aliphatic carbocycles. The van der Waals surface area contributed by atoms with Crippen LogP contribution in [0.2, 0.25) is 0 Å². The normalized spacial score (nSPS) is 11.1. The molecule has 0 unspecified atom stereocenters. The van der Waals surface area contributed by atoms with Crippen LogP contribution in [0.1, 0.15) is 13.8 Å². The van der Waals surface area contributed by atoms with Crippen LogP contribution in [0.25, 0.3) is 0 Å². The molecule has 118 valence electrons. The van der Waals surface area contributed by atoms with Crippen molar-refractivity contribution in [2.75, 3.05) is 25.0 Å². The number of carbonyl (C=O) groups excluding carboxylic acids is 1. The van der Waals surface area contributed by atoms with E-state index in [4.69, 9.17) is 0 Å². The van der Waals surface area contributed by atoms with Gasteiger partial charge in [0.05, 0.1) is 12.2 Å². The molecule has 1 aromatic rings. The first-order valence-electron chi connectivity index (χ1n) is 6.33. The van der Waals surface area contributed by atoms with Gasteiger partial charge in [-0.2, -0.15) is 0 Å². The molecule has 1 N–H and O–H groups in total. The zero-order valence-corrected chi connectivity index (χ0v) is 13.2. The van der Waals surface area contributed by atoms with Gasteiger partial charge in [-0.1, -0.05) is 15.9 Å². The van der Waals surface area contributed by atoms with E-state index in [0.29, 0.717) is 17.6 Å². The second-order valence-corrected chi connectivity index (χ2v) is 5.02. The van der Waals surface area contributed by atoms with E-state index in [-0.39, 0.29) is 23.9 Å². The van der Waals surface area contributed by atoms with E-state index >= 15 is 0 Å². The summed E-state index contributed by atoms with van der Waals surface area (Å²) in [5.74, 6) is -0.579. The van der Waals surface area contributed by atoms with Gasteiger partial charge in [0.1, 0.15) is 0 Å². The van der Waals surface area contributed by atoms with Crippen LogP contribution in [-0.4, -0.2) is 36.8 Å². The van der Waals surface area contributed by atoms with Gasteiger partial charge in [-0.25, -0.2) is 0 Å². The highest BCUT2D eigenvalue weighted by atomic mass is 79.9. The molecule has 0 radical (unpaired) electrons. The first-order valence-corrected chi connectivity index (χ1v) is 7.13. The number of amides is 1. The predicted molar refractivity (Wildman–Crippen MR) is 77.2 cm³/mol. The Kier molecular flexibility index (Phi) is 6.32. The van der Waals surface area contributed by atoms with Crippen molar-refractivity contribution in [1.29, 1.82) is 0 Å². The van der Waals surface area contributed by atoms with E-state index in [0.717, 1.165) is 0 Å². The second-order valence-electron chi connectivity index (χ2n) is 4.11. The van der Waals surface area contributed by atoms with Crippen molar-refractivity contribution in [2.45, 2.75) is 20.2 Å². The highest BCUT2D eigenvalue weighted by molar-refractivity contribution is 9.10. The van der Waals surface area contributed by atoms with Crippen molar-refractivity contribution < 1.29 is 22.7 Å². The van der Waals surface area contributed by atoms with Crippen LogP contribution < -0.4 is 10.1 Å². The number of ether oxygens (including phenoxy) is 1. The van der Waals surface area contributed by atoms with Crippen LogP contribution >= 0.6 is 15.9 Å². The van der Waals surface area contributed by atoms with Gasteiger partial charge in [-0.05, 0) is 32.0 Å². The number of nitrogens with one attached hydrogen (secondary N) is 1. The molecule has 0 heterocycles. The van der Waals surface area contributed by atoms with Gasteiger partial charge in [-0.15, -0.1) is 13.2 Å². The summed E-state index contributed by atoms with van der Waals surface area (Å²) in [5, 5.41) is 2.67. The molecule has 0 fully saturated rings. The number of anilines is 1. The van der Waals surface area contributed by atoms with Gasteiger partial charge in [0.15, 0.2) is 5.75 Å². The molecule has 0 aromatic heterocycles. The number of hydrogen-bond donors (Lipinski definition) is 1. The summed E-state index contributed by atoms with van der Waals surface area (Å²) < 4.78 is 41.4. The Bertz CT molecular complexity index is 491. The van der Waals surface area contributed by atoms with Gasteiger partial charge < -0.3 is 15.0 Å². The maximum Gasteiger partial charge on any atom is 0.573 e. The van der Waals surface area contributed by atoms with Gasteiger partial charge in [0, 0.05) is 17.6 Å². The van der Waals surface area contributed by atoms with E-state index in [1.54, 1.807) is 11.0 Å². The van der Waals surface area contributed by atoms with Crippen LogP contribution in [0, 0.1) is 0 Å². The van der Waals surface area contributed by atoms with E-state index in [1.165, 1.54) is 12.1 Å². The van der Waals surface area contributed by atoms with Crippen molar-refractivity contribution in [3.05, 3.63) is 22.7 Å². The van der Waals surface area contributed by atoms with Gasteiger partial charge in [-0.3, -0.25) is 4.79 Å². The number of carbonyl (C=O) groups is 1. The molecule has 0 saturated carbocycles. The molecule has 1 amide bonds. The second kappa shape index (κ2) is 7.53. The first kappa shape index (κ1) is 17.6. The molecular formula is C13H16BrF3N2O2. The molecule has 1 rings (SSSR count). The van der Waals surface area contributed by atoms with Crippen molar-refractivity contribution >= 4 is 27.5 Å². The van der Waals surface area contributed by atoms with Gasteiger partial charge in [0.25, 0.3) is 0 Å². The Balaban J connectivity index is 2.81. The summed E-state index contributed by atoms with van der Waals surface area (Å²) in [4.78, 5) is 13.4. The lowest BCUT2D eigenvalue weighted by molar-refractivity contribution is -0.274. The lowest BCUT2D eigenvalue weighted by Gasteiger charge is -2.20. The number of halogens is 4. The Morgan fingerprint density at radius 1 is 1.33 bits per heavy atom. The highest BCUT2D eigenvalue weighted by Gasteiger charge is 2.32. The molecule has 0 bridgehead atoms. The van der Waals surface area contributed by atoms with Crippen molar-refractivity contribution in [2.24, 2.45) is 0 Å². The molecule has 8 heteroatoms. The minimum Gasteiger partial charge on any atom is -0.404 e. The van der Waals surface area contributed by atoms with Crippen LogP contribution in [0.4, 0.5) is 18.9 Å².